The molecule has 3 unspecified atom stereocenters. The summed E-state index contributed by atoms with van der Waals surface area (Å²) in [6.45, 7) is 5.54. The molecule has 3 fully saturated rings. The minimum atomic E-state index is -0.290. The lowest BCUT2D eigenvalue weighted by Gasteiger charge is -2.40. The van der Waals surface area contributed by atoms with E-state index in [9.17, 15) is 14.4 Å². The van der Waals surface area contributed by atoms with Crippen LogP contribution < -0.4 is 10.6 Å². The molecule has 0 aliphatic carbocycles. The van der Waals surface area contributed by atoms with Gasteiger partial charge in [-0.1, -0.05) is 6.92 Å². The number of carbonyl (C=O) groups is 3. The molecule has 0 aromatic carbocycles. The van der Waals surface area contributed by atoms with Gasteiger partial charge < -0.3 is 20.4 Å². The standard InChI is InChI=1S/C20H34N4O3/c1-2-18(25)24-12-4-3-9-17(24)20(27)23-11-6-7-15(14-23)13-22-19(26)16-8-5-10-21-16/h15-17,21H,2-14H2,1H3,(H,22,26). The first-order valence-electron chi connectivity index (χ1n) is 10.7. The zero-order valence-electron chi connectivity index (χ0n) is 16.5. The molecule has 0 bridgehead atoms. The van der Waals surface area contributed by atoms with E-state index >= 15 is 0 Å². The quantitative estimate of drug-likeness (QED) is 0.744. The zero-order valence-corrected chi connectivity index (χ0v) is 16.5. The van der Waals surface area contributed by atoms with Crippen molar-refractivity contribution < 1.29 is 14.4 Å². The van der Waals surface area contributed by atoms with Gasteiger partial charge in [-0.3, -0.25) is 14.4 Å². The van der Waals surface area contributed by atoms with E-state index in [0.717, 1.165) is 58.0 Å². The third kappa shape index (κ3) is 5.00. The molecule has 27 heavy (non-hydrogen) atoms. The van der Waals surface area contributed by atoms with Gasteiger partial charge in [0.2, 0.25) is 17.7 Å². The second kappa shape index (κ2) is 9.53. The van der Waals surface area contributed by atoms with Gasteiger partial charge in [0.15, 0.2) is 0 Å². The van der Waals surface area contributed by atoms with Crippen LogP contribution in [0.5, 0.6) is 0 Å². The molecule has 3 amide bonds. The van der Waals surface area contributed by atoms with Crippen LogP contribution in [0.25, 0.3) is 0 Å². The Balaban J connectivity index is 1.52. The average molecular weight is 379 g/mol. The number of likely N-dealkylation sites (tertiary alicyclic amines) is 2. The van der Waals surface area contributed by atoms with Crippen LogP contribution in [0.3, 0.4) is 0 Å². The van der Waals surface area contributed by atoms with Crippen LogP contribution >= 0.6 is 0 Å². The van der Waals surface area contributed by atoms with E-state index in [-0.39, 0.29) is 29.8 Å². The fourth-order valence-corrected chi connectivity index (χ4v) is 4.61. The van der Waals surface area contributed by atoms with Crippen molar-refractivity contribution in [3.63, 3.8) is 0 Å². The Morgan fingerprint density at radius 1 is 1.04 bits per heavy atom. The molecule has 7 heteroatoms. The van der Waals surface area contributed by atoms with E-state index < -0.39 is 0 Å². The van der Waals surface area contributed by atoms with Crippen molar-refractivity contribution in [2.45, 2.75) is 70.4 Å². The molecule has 152 valence electrons. The van der Waals surface area contributed by atoms with Crippen LogP contribution in [-0.2, 0) is 14.4 Å². The van der Waals surface area contributed by atoms with E-state index in [1.807, 2.05) is 11.8 Å². The summed E-state index contributed by atoms with van der Waals surface area (Å²) in [5.74, 6) is 0.567. The largest absolute Gasteiger partial charge is 0.354 e. The Morgan fingerprint density at radius 2 is 1.89 bits per heavy atom. The number of hydrogen-bond donors (Lipinski definition) is 2. The highest BCUT2D eigenvalue weighted by molar-refractivity contribution is 5.88. The summed E-state index contributed by atoms with van der Waals surface area (Å²) >= 11 is 0. The van der Waals surface area contributed by atoms with Gasteiger partial charge in [-0.15, -0.1) is 0 Å². The molecule has 3 rings (SSSR count). The summed E-state index contributed by atoms with van der Waals surface area (Å²) in [4.78, 5) is 41.3. The monoisotopic (exact) mass is 378 g/mol. The highest BCUT2D eigenvalue weighted by atomic mass is 16.2. The van der Waals surface area contributed by atoms with Gasteiger partial charge in [0.1, 0.15) is 6.04 Å². The molecule has 3 aliphatic rings. The normalized spacial score (nSPS) is 28.9. The highest BCUT2D eigenvalue weighted by Crippen LogP contribution is 2.23. The Labute approximate surface area is 162 Å². The van der Waals surface area contributed by atoms with Crippen molar-refractivity contribution in [3.8, 4) is 0 Å². The minimum Gasteiger partial charge on any atom is -0.354 e. The highest BCUT2D eigenvalue weighted by Gasteiger charge is 2.36. The number of hydrogen-bond acceptors (Lipinski definition) is 4. The predicted molar refractivity (Wildman–Crippen MR) is 103 cm³/mol. The Hall–Kier alpha value is -1.63. The molecule has 2 N–H and O–H groups in total. The lowest BCUT2D eigenvalue weighted by molar-refractivity contribution is -0.148. The van der Waals surface area contributed by atoms with Gasteiger partial charge >= 0.3 is 0 Å². The molecule has 0 spiro atoms. The van der Waals surface area contributed by atoms with Crippen LogP contribution in [0.2, 0.25) is 0 Å². The maximum atomic E-state index is 13.1. The number of nitrogens with one attached hydrogen (secondary N) is 2. The van der Waals surface area contributed by atoms with Crippen molar-refractivity contribution in [1.29, 1.82) is 0 Å². The van der Waals surface area contributed by atoms with Gasteiger partial charge in [0.05, 0.1) is 6.04 Å². The Morgan fingerprint density at radius 3 is 2.63 bits per heavy atom. The summed E-state index contributed by atoms with van der Waals surface area (Å²) in [6, 6.07) is -0.343. The summed E-state index contributed by atoms with van der Waals surface area (Å²) in [5.41, 5.74) is 0. The van der Waals surface area contributed by atoms with Gasteiger partial charge in [0, 0.05) is 32.6 Å². The lowest BCUT2D eigenvalue weighted by Crippen LogP contribution is -2.55. The van der Waals surface area contributed by atoms with Crippen molar-refractivity contribution in [2.24, 2.45) is 5.92 Å². The van der Waals surface area contributed by atoms with Crippen LogP contribution in [0.4, 0.5) is 0 Å². The molecule has 3 heterocycles. The lowest BCUT2D eigenvalue weighted by atomic mass is 9.95. The second-order valence-corrected chi connectivity index (χ2v) is 8.14. The van der Waals surface area contributed by atoms with Gasteiger partial charge in [-0.05, 0) is 57.4 Å². The second-order valence-electron chi connectivity index (χ2n) is 8.14. The van der Waals surface area contributed by atoms with E-state index in [4.69, 9.17) is 0 Å². The maximum absolute atomic E-state index is 13.1. The first-order valence-corrected chi connectivity index (χ1v) is 10.7. The molecule has 0 radical (unpaired) electrons. The topological polar surface area (TPSA) is 81.8 Å². The molecule has 7 nitrogen and oxygen atoms in total. The number of rotatable bonds is 5. The van der Waals surface area contributed by atoms with Crippen LogP contribution in [-0.4, -0.2) is 72.3 Å². The van der Waals surface area contributed by atoms with Crippen molar-refractivity contribution in [3.05, 3.63) is 0 Å². The first kappa shape index (κ1) is 20.1. The predicted octanol–water partition coefficient (Wildman–Crippen LogP) is 0.884. The van der Waals surface area contributed by atoms with Gasteiger partial charge in [0.25, 0.3) is 0 Å². The SMILES string of the molecule is CCC(=O)N1CCCCC1C(=O)N1CCCC(CNC(=O)C2CCCN2)C1. The number of carbonyl (C=O) groups excluding carboxylic acids is 3. The van der Waals surface area contributed by atoms with Crippen molar-refractivity contribution in [1.82, 2.24) is 20.4 Å². The van der Waals surface area contributed by atoms with E-state index in [2.05, 4.69) is 10.6 Å². The van der Waals surface area contributed by atoms with Crippen LogP contribution in [0.15, 0.2) is 0 Å². The zero-order chi connectivity index (χ0) is 19.2. The number of nitrogens with zero attached hydrogens (tertiary/aromatic N) is 2. The molecular weight excluding hydrogens is 344 g/mol. The van der Waals surface area contributed by atoms with Crippen molar-refractivity contribution in [2.75, 3.05) is 32.7 Å². The molecule has 3 aliphatic heterocycles. The molecular formula is C20H34N4O3. The molecule has 0 aromatic heterocycles. The van der Waals surface area contributed by atoms with E-state index in [0.29, 0.717) is 32.0 Å². The molecule has 3 saturated heterocycles. The fourth-order valence-electron chi connectivity index (χ4n) is 4.61. The smallest absolute Gasteiger partial charge is 0.245 e. The first-order chi connectivity index (χ1) is 13.1. The van der Waals surface area contributed by atoms with Crippen LogP contribution in [0.1, 0.15) is 58.3 Å². The third-order valence-electron chi connectivity index (χ3n) is 6.18. The molecule has 0 saturated carbocycles. The van der Waals surface area contributed by atoms with Gasteiger partial charge in [-0.25, -0.2) is 0 Å². The number of amides is 3. The summed E-state index contributed by atoms with van der Waals surface area (Å²) in [5, 5.41) is 6.29. The summed E-state index contributed by atoms with van der Waals surface area (Å²) in [7, 11) is 0. The molecule has 0 aromatic rings. The average Bonchev–Trinajstić information content (AvgIpc) is 3.26. The van der Waals surface area contributed by atoms with E-state index in [1.165, 1.54) is 0 Å². The third-order valence-corrected chi connectivity index (χ3v) is 6.18. The van der Waals surface area contributed by atoms with Crippen molar-refractivity contribution >= 4 is 17.7 Å². The fraction of sp³-hybridized carbons (Fsp3) is 0.850. The van der Waals surface area contributed by atoms with E-state index in [1.54, 1.807) is 4.90 Å². The Kier molecular flexibility index (Phi) is 7.10. The number of piperidine rings is 2. The summed E-state index contributed by atoms with van der Waals surface area (Å²) < 4.78 is 0. The molecule has 3 atom stereocenters. The van der Waals surface area contributed by atoms with Gasteiger partial charge in [-0.2, -0.15) is 0 Å². The van der Waals surface area contributed by atoms with Crippen LogP contribution in [0, 0.1) is 5.92 Å². The maximum Gasteiger partial charge on any atom is 0.245 e. The minimum absolute atomic E-state index is 0.0535. The Bertz CT molecular complexity index is 547. The summed E-state index contributed by atoms with van der Waals surface area (Å²) in [6.07, 6.45) is 7.17.